The first-order chi connectivity index (χ1) is 13.9. The van der Waals surface area contributed by atoms with Crippen molar-refractivity contribution >= 4 is 11.6 Å². The Labute approximate surface area is 174 Å². The highest BCUT2D eigenvalue weighted by atomic mass is 35.5. The van der Waals surface area contributed by atoms with Crippen LogP contribution in [0.4, 0.5) is 0 Å². The third-order valence-corrected chi connectivity index (χ3v) is 5.33. The summed E-state index contributed by atoms with van der Waals surface area (Å²) in [5.74, 6) is 0.899. The number of halogens is 1. The SMILES string of the molecule is COc1ccc(Cc2cc([C@@H]3OC(=CCCO)[C@@H](O)[C@H](O)[C@H]3O)ccc2Cl)cc1. The molecule has 6 nitrogen and oxygen atoms in total. The third kappa shape index (κ3) is 4.91. The van der Waals surface area contributed by atoms with Crippen molar-refractivity contribution in [1.82, 2.24) is 0 Å². The fourth-order valence-corrected chi connectivity index (χ4v) is 3.52. The minimum atomic E-state index is -1.40. The molecule has 1 fully saturated rings. The first-order valence-electron chi connectivity index (χ1n) is 9.37. The lowest BCUT2D eigenvalue weighted by molar-refractivity contribution is -0.157. The van der Waals surface area contributed by atoms with Crippen LogP contribution in [0.25, 0.3) is 0 Å². The van der Waals surface area contributed by atoms with Gasteiger partial charge < -0.3 is 29.9 Å². The van der Waals surface area contributed by atoms with Crippen molar-refractivity contribution in [3.63, 3.8) is 0 Å². The zero-order valence-corrected chi connectivity index (χ0v) is 16.8. The number of aliphatic hydroxyl groups excluding tert-OH is 4. The molecule has 0 aromatic heterocycles. The number of ether oxygens (including phenoxy) is 2. The van der Waals surface area contributed by atoms with Crippen LogP contribution in [0.15, 0.2) is 54.3 Å². The van der Waals surface area contributed by atoms with Gasteiger partial charge >= 0.3 is 0 Å². The van der Waals surface area contributed by atoms with Crippen molar-refractivity contribution < 1.29 is 29.9 Å². The second kappa shape index (κ2) is 9.61. The minimum absolute atomic E-state index is 0.115. The van der Waals surface area contributed by atoms with Gasteiger partial charge in [0.15, 0.2) is 6.10 Å². The second-order valence-electron chi connectivity index (χ2n) is 6.96. The van der Waals surface area contributed by atoms with Crippen molar-refractivity contribution in [3.05, 3.63) is 76.0 Å². The van der Waals surface area contributed by atoms with E-state index in [9.17, 15) is 15.3 Å². The van der Waals surface area contributed by atoms with Gasteiger partial charge in [-0.25, -0.2) is 0 Å². The first-order valence-corrected chi connectivity index (χ1v) is 9.75. The lowest BCUT2D eigenvalue weighted by Crippen LogP contribution is -2.47. The molecule has 0 aliphatic carbocycles. The molecule has 0 unspecified atom stereocenters. The molecule has 29 heavy (non-hydrogen) atoms. The van der Waals surface area contributed by atoms with Crippen molar-refractivity contribution in [2.75, 3.05) is 13.7 Å². The quantitative estimate of drug-likeness (QED) is 0.572. The predicted octanol–water partition coefficient (Wildman–Crippen LogP) is 2.36. The smallest absolute Gasteiger partial charge is 0.152 e. The van der Waals surface area contributed by atoms with E-state index in [1.807, 2.05) is 30.3 Å². The number of benzene rings is 2. The van der Waals surface area contributed by atoms with E-state index < -0.39 is 24.4 Å². The van der Waals surface area contributed by atoms with Crippen LogP contribution < -0.4 is 4.74 Å². The highest BCUT2D eigenvalue weighted by Gasteiger charge is 2.41. The van der Waals surface area contributed by atoms with Gasteiger partial charge in [0.2, 0.25) is 0 Å². The Morgan fingerprint density at radius 2 is 1.79 bits per heavy atom. The molecule has 1 aliphatic rings. The van der Waals surface area contributed by atoms with Gasteiger partial charge in [0.25, 0.3) is 0 Å². The van der Waals surface area contributed by atoms with Crippen LogP contribution >= 0.6 is 11.6 Å². The molecule has 0 amide bonds. The van der Waals surface area contributed by atoms with E-state index >= 15 is 0 Å². The Morgan fingerprint density at radius 3 is 2.45 bits per heavy atom. The summed E-state index contributed by atoms with van der Waals surface area (Å²) >= 11 is 6.37. The summed E-state index contributed by atoms with van der Waals surface area (Å²) in [6, 6.07) is 12.9. The average Bonchev–Trinajstić information content (AvgIpc) is 2.74. The van der Waals surface area contributed by atoms with Crippen LogP contribution in [0.5, 0.6) is 5.75 Å². The summed E-state index contributed by atoms with van der Waals surface area (Å²) in [5, 5.41) is 40.4. The standard InChI is InChI=1S/C22H25ClO6/c1-28-16-7-4-13(5-8-16)11-15-12-14(6-9-17(15)23)22-21(27)20(26)19(25)18(29-22)3-2-10-24/h3-9,12,19-22,24-27H,2,10-11H2,1H3/t19-,20+,21-,22+/m1/s1. The summed E-state index contributed by atoms with van der Waals surface area (Å²) < 4.78 is 10.9. The number of rotatable bonds is 6. The molecule has 1 heterocycles. The number of methoxy groups -OCH3 is 1. The van der Waals surface area contributed by atoms with E-state index in [1.54, 1.807) is 19.2 Å². The largest absolute Gasteiger partial charge is 0.497 e. The Bertz CT molecular complexity index is 851. The monoisotopic (exact) mass is 420 g/mol. The minimum Gasteiger partial charge on any atom is -0.497 e. The Balaban J connectivity index is 1.86. The maximum Gasteiger partial charge on any atom is 0.152 e. The van der Waals surface area contributed by atoms with Gasteiger partial charge in [-0.2, -0.15) is 0 Å². The molecular formula is C22H25ClO6. The molecule has 0 radical (unpaired) electrons. The molecule has 2 aromatic carbocycles. The van der Waals surface area contributed by atoms with Gasteiger partial charge in [0.05, 0.1) is 7.11 Å². The lowest BCUT2D eigenvalue weighted by atomic mass is 9.91. The number of hydrogen-bond acceptors (Lipinski definition) is 6. The number of aliphatic hydroxyl groups is 4. The highest BCUT2D eigenvalue weighted by Crippen LogP contribution is 2.36. The average molecular weight is 421 g/mol. The van der Waals surface area contributed by atoms with E-state index in [0.717, 1.165) is 16.9 Å². The normalized spacial score (nSPS) is 25.7. The van der Waals surface area contributed by atoms with Crippen LogP contribution in [-0.4, -0.2) is 52.5 Å². The zero-order valence-electron chi connectivity index (χ0n) is 16.0. The third-order valence-electron chi connectivity index (χ3n) is 4.96. The predicted molar refractivity (Wildman–Crippen MR) is 109 cm³/mol. The molecule has 4 atom stereocenters. The molecular weight excluding hydrogens is 396 g/mol. The zero-order chi connectivity index (χ0) is 21.0. The van der Waals surface area contributed by atoms with Gasteiger partial charge in [0.1, 0.15) is 29.8 Å². The molecule has 4 N–H and O–H groups in total. The Hall–Kier alpha value is -2.09. The molecule has 7 heteroatoms. The topological polar surface area (TPSA) is 99.4 Å². The van der Waals surface area contributed by atoms with Crippen molar-refractivity contribution in [2.24, 2.45) is 0 Å². The lowest BCUT2D eigenvalue weighted by Gasteiger charge is -2.38. The van der Waals surface area contributed by atoms with E-state index in [4.69, 9.17) is 26.2 Å². The summed E-state index contributed by atoms with van der Waals surface area (Å²) in [6.07, 6.45) is -2.58. The van der Waals surface area contributed by atoms with Crippen molar-refractivity contribution in [2.45, 2.75) is 37.3 Å². The van der Waals surface area contributed by atoms with Crippen LogP contribution in [0.1, 0.15) is 29.2 Å². The molecule has 0 saturated carbocycles. The van der Waals surface area contributed by atoms with Crippen LogP contribution in [0.2, 0.25) is 5.02 Å². The summed E-state index contributed by atoms with van der Waals surface area (Å²) in [7, 11) is 1.61. The van der Waals surface area contributed by atoms with Gasteiger partial charge in [-0.3, -0.25) is 0 Å². The van der Waals surface area contributed by atoms with Crippen molar-refractivity contribution in [1.29, 1.82) is 0 Å². The molecule has 2 aromatic rings. The van der Waals surface area contributed by atoms with Gasteiger partial charge in [-0.15, -0.1) is 0 Å². The summed E-state index contributed by atoms with van der Waals surface area (Å²) in [5.41, 5.74) is 2.51. The van der Waals surface area contributed by atoms with Gasteiger partial charge in [-0.05, 0) is 53.8 Å². The van der Waals surface area contributed by atoms with Crippen LogP contribution in [0.3, 0.4) is 0 Å². The fourth-order valence-electron chi connectivity index (χ4n) is 3.33. The molecule has 0 spiro atoms. The van der Waals surface area contributed by atoms with Gasteiger partial charge in [0, 0.05) is 11.6 Å². The molecule has 1 aliphatic heterocycles. The molecule has 3 rings (SSSR count). The Kier molecular flexibility index (Phi) is 7.16. The Morgan fingerprint density at radius 1 is 1.07 bits per heavy atom. The fraction of sp³-hybridized carbons (Fsp3) is 0.364. The maximum atomic E-state index is 10.5. The maximum absolute atomic E-state index is 10.5. The molecule has 156 valence electrons. The summed E-state index contributed by atoms with van der Waals surface area (Å²) in [4.78, 5) is 0. The van der Waals surface area contributed by atoms with Gasteiger partial charge in [-0.1, -0.05) is 35.9 Å². The van der Waals surface area contributed by atoms with E-state index in [2.05, 4.69) is 0 Å². The van der Waals surface area contributed by atoms with Crippen LogP contribution in [0, 0.1) is 0 Å². The molecule has 1 saturated heterocycles. The van der Waals surface area contributed by atoms with Crippen LogP contribution in [-0.2, 0) is 11.2 Å². The summed E-state index contributed by atoms with van der Waals surface area (Å²) in [6.45, 7) is -0.115. The van der Waals surface area contributed by atoms with E-state index in [0.29, 0.717) is 17.0 Å². The van der Waals surface area contributed by atoms with E-state index in [-0.39, 0.29) is 18.8 Å². The van der Waals surface area contributed by atoms with Crippen molar-refractivity contribution in [3.8, 4) is 5.75 Å². The first kappa shape index (κ1) is 21.6. The molecule has 0 bridgehead atoms. The second-order valence-corrected chi connectivity index (χ2v) is 7.37. The number of hydrogen-bond donors (Lipinski definition) is 4. The van der Waals surface area contributed by atoms with E-state index in [1.165, 1.54) is 6.08 Å². The highest BCUT2D eigenvalue weighted by molar-refractivity contribution is 6.31.